The lowest BCUT2D eigenvalue weighted by molar-refractivity contribution is -0.115. The van der Waals surface area contributed by atoms with Crippen LogP contribution < -0.4 is 16.0 Å². The summed E-state index contributed by atoms with van der Waals surface area (Å²) in [6.45, 7) is 1.89. The second kappa shape index (κ2) is 10.6. The van der Waals surface area contributed by atoms with Gasteiger partial charge in [-0.05, 0) is 77.4 Å². The van der Waals surface area contributed by atoms with Gasteiger partial charge in [0.2, 0.25) is 5.91 Å². The Kier molecular flexibility index (Phi) is 7.10. The number of amides is 2. The van der Waals surface area contributed by atoms with Crippen LogP contribution >= 0.6 is 12.2 Å². The van der Waals surface area contributed by atoms with Crippen molar-refractivity contribution >= 4 is 57.4 Å². The minimum Gasteiger partial charge on any atom is -0.332 e. The summed E-state index contributed by atoms with van der Waals surface area (Å²) in [5.74, 6) is -0.501. The van der Waals surface area contributed by atoms with Crippen molar-refractivity contribution in [1.82, 2.24) is 5.32 Å². The Morgan fingerprint density at radius 1 is 0.824 bits per heavy atom. The molecule has 5 nitrogen and oxygen atoms in total. The average molecular weight is 466 g/mol. The monoisotopic (exact) mass is 465 g/mol. The summed E-state index contributed by atoms with van der Waals surface area (Å²) in [6.07, 6.45) is 3.23. The first kappa shape index (κ1) is 22.9. The van der Waals surface area contributed by atoms with Crippen molar-refractivity contribution in [2.24, 2.45) is 0 Å². The Balaban J connectivity index is 1.35. The quantitative estimate of drug-likeness (QED) is 0.252. The van der Waals surface area contributed by atoms with E-state index >= 15 is 0 Å². The molecule has 0 aromatic heterocycles. The minimum atomic E-state index is -0.325. The topological polar surface area (TPSA) is 70.2 Å². The summed E-state index contributed by atoms with van der Waals surface area (Å²) in [7, 11) is 0. The van der Waals surface area contributed by atoms with E-state index in [2.05, 4.69) is 16.0 Å². The van der Waals surface area contributed by atoms with Gasteiger partial charge in [0, 0.05) is 23.0 Å². The molecule has 3 N–H and O–H groups in total. The summed E-state index contributed by atoms with van der Waals surface area (Å²) in [6, 6.07) is 28.4. The van der Waals surface area contributed by atoms with Gasteiger partial charge in [0.1, 0.15) is 0 Å². The van der Waals surface area contributed by atoms with Gasteiger partial charge in [0.05, 0.1) is 0 Å². The Morgan fingerprint density at radius 2 is 1.56 bits per heavy atom. The molecule has 4 aromatic carbocycles. The lowest BCUT2D eigenvalue weighted by Gasteiger charge is -2.12. The van der Waals surface area contributed by atoms with Gasteiger partial charge in [-0.3, -0.25) is 14.9 Å². The molecule has 0 atom stereocenters. The summed E-state index contributed by atoms with van der Waals surface area (Å²) in [5.41, 5.74) is 3.81. The lowest BCUT2D eigenvalue weighted by Crippen LogP contribution is -2.32. The summed E-state index contributed by atoms with van der Waals surface area (Å²) in [4.78, 5) is 24.7. The number of anilines is 2. The number of carbonyl (C=O) groups is 2. The van der Waals surface area contributed by atoms with Crippen LogP contribution in [0.5, 0.6) is 0 Å². The van der Waals surface area contributed by atoms with Gasteiger partial charge in [-0.15, -0.1) is 0 Å². The minimum absolute atomic E-state index is 0.176. The number of carbonyl (C=O) groups excluding carboxylic acids is 2. The third kappa shape index (κ3) is 5.74. The summed E-state index contributed by atoms with van der Waals surface area (Å²) in [5, 5.41) is 10.9. The second-order valence-electron chi connectivity index (χ2n) is 7.69. The maximum Gasteiger partial charge on any atom is 0.255 e. The van der Waals surface area contributed by atoms with Crippen LogP contribution in [-0.4, -0.2) is 16.9 Å². The number of hydrogen-bond acceptors (Lipinski definition) is 3. The van der Waals surface area contributed by atoms with E-state index in [0.717, 1.165) is 21.9 Å². The predicted molar refractivity (Wildman–Crippen MR) is 143 cm³/mol. The molecule has 0 unspecified atom stereocenters. The molecule has 4 rings (SSSR count). The number of benzene rings is 4. The molecule has 6 heteroatoms. The fourth-order valence-corrected chi connectivity index (χ4v) is 3.76. The Morgan fingerprint density at radius 3 is 2.35 bits per heavy atom. The van der Waals surface area contributed by atoms with Crippen LogP contribution in [0.2, 0.25) is 0 Å². The standard InChI is InChI=1S/C28H23N3O2S/c1-19-18-23(15-16-25(19)30-27(33)22-9-3-2-4-10-22)29-28(34)31-26(32)17-14-21-12-7-11-20-8-5-6-13-24(20)21/h2-18H,1H3,(H,30,33)(H2,29,31,32,34)/b17-14+. The zero-order valence-electron chi connectivity index (χ0n) is 18.5. The first-order chi connectivity index (χ1) is 16.5. The molecular formula is C28H23N3O2S. The first-order valence-corrected chi connectivity index (χ1v) is 11.2. The van der Waals surface area contributed by atoms with E-state index in [1.54, 1.807) is 30.3 Å². The molecule has 0 radical (unpaired) electrons. The molecule has 2 amide bonds. The van der Waals surface area contributed by atoms with E-state index in [1.165, 1.54) is 6.08 Å². The molecule has 168 valence electrons. The highest BCUT2D eigenvalue weighted by atomic mass is 32.1. The van der Waals surface area contributed by atoms with E-state index in [9.17, 15) is 9.59 Å². The maximum absolute atomic E-state index is 12.4. The van der Waals surface area contributed by atoms with Gasteiger partial charge in [0.15, 0.2) is 5.11 Å². The van der Waals surface area contributed by atoms with Crippen molar-refractivity contribution < 1.29 is 9.59 Å². The van der Waals surface area contributed by atoms with E-state index in [0.29, 0.717) is 16.9 Å². The van der Waals surface area contributed by atoms with Crippen LogP contribution in [0.3, 0.4) is 0 Å². The number of fused-ring (bicyclic) bond motifs is 1. The zero-order chi connectivity index (χ0) is 23.9. The van der Waals surface area contributed by atoms with Crippen LogP contribution in [0.25, 0.3) is 16.8 Å². The zero-order valence-corrected chi connectivity index (χ0v) is 19.4. The predicted octanol–water partition coefficient (Wildman–Crippen LogP) is 5.93. The van der Waals surface area contributed by atoms with E-state index < -0.39 is 0 Å². The van der Waals surface area contributed by atoms with Crippen LogP contribution in [0.15, 0.2) is 97.1 Å². The number of rotatable bonds is 5. The molecule has 34 heavy (non-hydrogen) atoms. The molecule has 0 heterocycles. The molecule has 4 aromatic rings. The fourth-order valence-electron chi connectivity index (χ4n) is 3.54. The highest BCUT2D eigenvalue weighted by Crippen LogP contribution is 2.21. The average Bonchev–Trinajstić information content (AvgIpc) is 2.84. The molecular weight excluding hydrogens is 442 g/mol. The Bertz CT molecular complexity index is 1390. The maximum atomic E-state index is 12.4. The van der Waals surface area contributed by atoms with Gasteiger partial charge < -0.3 is 10.6 Å². The van der Waals surface area contributed by atoms with Gasteiger partial charge in [-0.2, -0.15) is 0 Å². The van der Waals surface area contributed by atoms with Crippen LogP contribution in [0.1, 0.15) is 21.5 Å². The summed E-state index contributed by atoms with van der Waals surface area (Å²) < 4.78 is 0. The van der Waals surface area contributed by atoms with Gasteiger partial charge in [-0.25, -0.2) is 0 Å². The van der Waals surface area contributed by atoms with Crippen molar-refractivity contribution in [1.29, 1.82) is 0 Å². The molecule has 0 fully saturated rings. The van der Waals surface area contributed by atoms with Crippen molar-refractivity contribution in [3.05, 3.63) is 114 Å². The van der Waals surface area contributed by atoms with Gasteiger partial charge in [-0.1, -0.05) is 60.7 Å². The van der Waals surface area contributed by atoms with Crippen molar-refractivity contribution in [3.8, 4) is 0 Å². The number of aryl methyl sites for hydroxylation is 1. The molecule has 0 bridgehead atoms. The molecule has 0 aliphatic heterocycles. The summed E-state index contributed by atoms with van der Waals surface area (Å²) >= 11 is 5.28. The van der Waals surface area contributed by atoms with Gasteiger partial charge >= 0.3 is 0 Å². The first-order valence-electron chi connectivity index (χ1n) is 10.7. The van der Waals surface area contributed by atoms with E-state index in [-0.39, 0.29) is 16.9 Å². The fraction of sp³-hybridized carbons (Fsp3) is 0.0357. The molecule has 0 saturated carbocycles. The highest BCUT2D eigenvalue weighted by molar-refractivity contribution is 7.80. The normalized spacial score (nSPS) is 10.7. The van der Waals surface area contributed by atoms with Crippen LogP contribution in [-0.2, 0) is 4.79 Å². The molecule has 0 aliphatic rings. The molecule has 0 spiro atoms. The van der Waals surface area contributed by atoms with Crippen LogP contribution in [0, 0.1) is 6.92 Å². The lowest BCUT2D eigenvalue weighted by atomic mass is 10.0. The smallest absolute Gasteiger partial charge is 0.255 e. The van der Waals surface area contributed by atoms with Crippen molar-refractivity contribution in [3.63, 3.8) is 0 Å². The van der Waals surface area contributed by atoms with Crippen molar-refractivity contribution in [2.75, 3.05) is 10.6 Å². The molecule has 0 aliphatic carbocycles. The van der Waals surface area contributed by atoms with E-state index in [4.69, 9.17) is 12.2 Å². The number of nitrogens with one attached hydrogen (secondary N) is 3. The van der Waals surface area contributed by atoms with Crippen LogP contribution in [0.4, 0.5) is 11.4 Å². The Hall–Kier alpha value is -4.29. The number of hydrogen-bond donors (Lipinski definition) is 3. The van der Waals surface area contributed by atoms with Crippen molar-refractivity contribution in [2.45, 2.75) is 6.92 Å². The number of thiocarbonyl (C=S) groups is 1. The largest absolute Gasteiger partial charge is 0.332 e. The highest BCUT2D eigenvalue weighted by Gasteiger charge is 2.09. The third-order valence-corrected chi connectivity index (χ3v) is 5.45. The second-order valence-corrected chi connectivity index (χ2v) is 8.10. The van der Waals surface area contributed by atoms with E-state index in [1.807, 2.05) is 73.7 Å². The molecule has 0 saturated heterocycles. The Labute approximate surface area is 203 Å². The van der Waals surface area contributed by atoms with Gasteiger partial charge in [0.25, 0.3) is 5.91 Å². The SMILES string of the molecule is Cc1cc(NC(=S)NC(=O)/C=C/c2cccc3ccccc23)ccc1NC(=O)c1ccccc1. The third-order valence-electron chi connectivity index (χ3n) is 5.24.